The molecule has 0 atom stereocenters. The van der Waals surface area contributed by atoms with Crippen molar-refractivity contribution < 1.29 is 19.1 Å². The van der Waals surface area contributed by atoms with Gasteiger partial charge in [0.25, 0.3) is 5.91 Å². The third-order valence-corrected chi connectivity index (χ3v) is 5.94. The highest BCUT2D eigenvalue weighted by atomic mass is 32.1. The number of methoxy groups -OCH3 is 1. The van der Waals surface area contributed by atoms with Gasteiger partial charge in [0.05, 0.1) is 24.9 Å². The minimum absolute atomic E-state index is 0.0142. The van der Waals surface area contributed by atoms with Gasteiger partial charge in [-0.2, -0.15) is 0 Å². The predicted molar refractivity (Wildman–Crippen MR) is 126 cm³/mol. The summed E-state index contributed by atoms with van der Waals surface area (Å²) in [5, 5.41) is 3.41. The van der Waals surface area contributed by atoms with Crippen molar-refractivity contribution in [3.8, 4) is 22.8 Å². The Labute approximate surface area is 190 Å². The molecule has 1 aliphatic heterocycles. The summed E-state index contributed by atoms with van der Waals surface area (Å²) in [6, 6.07) is 13.0. The van der Waals surface area contributed by atoms with Gasteiger partial charge in [0.2, 0.25) is 5.91 Å². The van der Waals surface area contributed by atoms with Crippen LogP contribution in [0.5, 0.6) is 11.5 Å². The first-order valence-corrected chi connectivity index (χ1v) is 10.9. The highest BCUT2D eigenvalue weighted by Gasteiger charge is 2.25. The lowest BCUT2D eigenvalue weighted by molar-refractivity contribution is -0.121. The lowest BCUT2D eigenvalue weighted by Crippen LogP contribution is -2.38. The van der Waals surface area contributed by atoms with Crippen LogP contribution in [0.1, 0.15) is 10.4 Å². The second-order valence-corrected chi connectivity index (χ2v) is 8.46. The van der Waals surface area contributed by atoms with Crippen molar-refractivity contribution in [1.29, 1.82) is 0 Å². The summed E-state index contributed by atoms with van der Waals surface area (Å²) in [5.41, 5.74) is 3.18. The van der Waals surface area contributed by atoms with Gasteiger partial charge >= 0.3 is 0 Å². The van der Waals surface area contributed by atoms with Gasteiger partial charge in [-0.3, -0.25) is 9.59 Å². The summed E-state index contributed by atoms with van der Waals surface area (Å²) in [5.74, 6) is 1.14. The monoisotopic (exact) mass is 449 g/mol. The van der Waals surface area contributed by atoms with Crippen molar-refractivity contribution in [2.24, 2.45) is 0 Å². The minimum atomic E-state index is -0.142. The molecule has 0 bridgehead atoms. The van der Waals surface area contributed by atoms with Crippen LogP contribution < -0.4 is 19.7 Å². The summed E-state index contributed by atoms with van der Waals surface area (Å²) in [6.45, 7) is 6.11. The molecule has 0 aliphatic carbocycles. The minimum Gasteiger partial charge on any atom is -0.497 e. The smallest absolute Gasteiger partial charge is 0.265 e. The van der Waals surface area contributed by atoms with Gasteiger partial charge in [-0.05, 0) is 42.8 Å². The molecule has 8 heteroatoms. The normalized spacial score (nSPS) is 12.7. The Bertz CT molecular complexity index is 1170. The van der Waals surface area contributed by atoms with Crippen LogP contribution in [0.25, 0.3) is 11.3 Å². The first-order valence-electron chi connectivity index (χ1n) is 10.1. The van der Waals surface area contributed by atoms with Crippen molar-refractivity contribution >= 4 is 34.0 Å². The topological polar surface area (TPSA) is 80.8 Å². The van der Waals surface area contributed by atoms with Crippen LogP contribution >= 0.6 is 11.3 Å². The van der Waals surface area contributed by atoms with E-state index in [1.54, 1.807) is 18.1 Å². The number of fused-ring (bicyclic) bond motifs is 1. The summed E-state index contributed by atoms with van der Waals surface area (Å²) in [4.78, 5) is 32.0. The number of nitrogens with zero attached hydrogens (tertiary/aromatic N) is 2. The molecule has 0 radical (unpaired) electrons. The van der Waals surface area contributed by atoms with E-state index in [2.05, 4.69) is 16.9 Å². The number of amides is 2. The fourth-order valence-electron chi connectivity index (χ4n) is 3.49. The number of hydrogen-bond donors (Lipinski definition) is 1. The van der Waals surface area contributed by atoms with Gasteiger partial charge < -0.3 is 19.7 Å². The molecule has 2 amide bonds. The third kappa shape index (κ3) is 4.50. The van der Waals surface area contributed by atoms with Gasteiger partial charge in [0.1, 0.15) is 11.5 Å². The summed E-state index contributed by atoms with van der Waals surface area (Å²) in [6.07, 6.45) is 1.93. The van der Waals surface area contributed by atoms with Crippen LogP contribution in [0.2, 0.25) is 0 Å². The van der Waals surface area contributed by atoms with Crippen LogP contribution in [0.4, 0.5) is 10.8 Å². The molecule has 0 saturated carbocycles. The zero-order valence-electron chi connectivity index (χ0n) is 17.9. The van der Waals surface area contributed by atoms with E-state index in [-0.39, 0.29) is 24.8 Å². The predicted octanol–water partition coefficient (Wildman–Crippen LogP) is 4.22. The van der Waals surface area contributed by atoms with Crippen molar-refractivity contribution in [3.05, 3.63) is 65.6 Å². The lowest BCUT2D eigenvalue weighted by atomic mass is 10.1. The second kappa shape index (κ2) is 9.23. The molecule has 1 aromatic heterocycles. The number of ether oxygens (including phenoxy) is 2. The number of rotatable bonds is 7. The Morgan fingerprint density at radius 1 is 1.31 bits per heavy atom. The number of anilines is 2. The molecular formula is C24H23N3O4S. The fraction of sp³-hybridized carbons (Fsp3) is 0.208. The maximum Gasteiger partial charge on any atom is 0.265 e. The maximum absolute atomic E-state index is 12.5. The van der Waals surface area contributed by atoms with E-state index in [0.717, 1.165) is 27.4 Å². The molecule has 0 unspecified atom stereocenters. The van der Waals surface area contributed by atoms with Crippen LogP contribution in [-0.2, 0) is 16.0 Å². The first-order chi connectivity index (χ1) is 15.5. The standard InChI is InChI=1S/C24H23N3O4S/c1-4-11-27-19-13-17(7-10-20(19)31-14-22(27)29)23-15(2)32-24(26-23)25-21(28)12-16-5-8-18(30-3)9-6-16/h4-10,13H,1,11-12,14H2,2-3H3,(H,25,26,28). The molecule has 7 nitrogen and oxygen atoms in total. The quantitative estimate of drug-likeness (QED) is 0.546. The number of carbonyl (C=O) groups is 2. The van der Waals surface area contributed by atoms with Crippen molar-refractivity contribution in [2.75, 3.05) is 30.5 Å². The average molecular weight is 450 g/mol. The van der Waals surface area contributed by atoms with Crippen LogP contribution in [0, 0.1) is 6.92 Å². The number of aromatic nitrogens is 1. The van der Waals surface area contributed by atoms with E-state index in [0.29, 0.717) is 23.1 Å². The van der Waals surface area contributed by atoms with E-state index in [4.69, 9.17) is 9.47 Å². The maximum atomic E-state index is 12.5. The molecule has 164 valence electrons. The second-order valence-electron chi connectivity index (χ2n) is 7.26. The Kier molecular flexibility index (Phi) is 6.23. The van der Waals surface area contributed by atoms with Gasteiger partial charge in [-0.15, -0.1) is 17.9 Å². The molecule has 0 spiro atoms. The summed E-state index contributed by atoms with van der Waals surface area (Å²) < 4.78 is 10.7. The number of thiazole rings is 1. The highest BCUT2D eigenvalue weighted by molar-refractivity contribution is 7.16. The van der Waals surface area contributed by atoms with Gasteiger partial charge in [0.15, 0.2) is 11.7 Å². The molecule has 1 aliphatic rings. The molecule has 0 saturated heterocycles. The zero-order chi connectivity index (χ0) is 22.7. The number of hydrogen-bond acceptors (Lipinski definition) is 6. The Morgan fingerprint density at radius 2 is 2.09 bits per heavy atom. The number of nitrogens with one attached hydrogen (secondary N) is 1. The Morgan fingerprint density at radius 3 is 2.81 bits per heavy atom. The first kappa shape index (κ1) is 21.6. The van der Waals surface area contributed by atoms with Gasteiger partial charge in [-0.25, -0.2) is 4.98 Å². The van der Waals surface area contributed by atoms with E-state index in [1.165, 1.54) is 11.3 Å². The van der Waals surface area contributed by atoms with Gasteiger partial charge in [-0.1, -0.05) is 18.2 Å². The number of benzene rings is 2. The zero-order valence-corrected chi connectivity index (χ0v) is 18.7. The average Bonchev–Trinajstić information content (AvgIpc) is 3.15. The van der Waals surface area contributed by atoms with Crippen LogP contribution in [0.15, 0.2) is 55.1 Å². The molecule has 4 rings (SSSR count). The van der Waals surface area contributed by atoms with Crippen molar-refractivity contribution in [3.63, 3.8) is 0 Å². The highest BCUT2D eigenvalue weighted by Crippen LogP contribution is 2.38. The van der Waals surface area contributed by atoms with E-state index < -0.39 is 0 Å². The molecule has 1 N–H and O–H groups in total. The largest absolute Gasteiger partial charge is 0.497 e. The Hall–Kier alpha value is -3.65. The summed E-state index contributed by atoms with van der Waals surface area (Å²) in [7, 11) is 1.61. The van der Waals surface area contributed by atoms with E-state index in [9.17, 15) is 9.59 Å². The Balaban J connectivity index is 1.52. The molecule has 2 heterocycles. The SMILES string of the molecule is C=CCN1C(=O)COc2ccc(-c3nc(NC(=O)Cc4ccc(OC)cc4)sc3C)cc21. The number of aryl methyl sites for hydroxylation is 1. The van der Waals surface area contributed by atoms with Crippen LogP contribution in [0.3, 0.4) is 0 Å². The fourth-order valence-corrected chi connectivity index (χ4v) is 4.34. The molecule has 2 aromatic carbocycles. The van der Waals surface area contributed by atoms with Crippen molar-refractivity contribution in [2.45, 2.75) is 13.3 Å². The molecule has 32 heavy (non-hydrogen) atoms. The molecule has 3 aromatic rings. The number of carbonyl (C=O) groups excluding carboxylic acids is 2. The van der Waals surface area contributed by atoms with Crippen LogP contribution in [-0.4, -0.2) is 37.1 Å². The molecular weight excluding hydrogens is 426 g/mol. The third-order valence-electron chi connectivity index (χ3n) is 5.05. The summed E-state index contributed by atoms with van der Waals surface area (Å²) >= 11 is 1.41. The van der Waals surface area contributed by atoms with Crippen molar-refractivity contribution in [1.82, 2.24) is 4.98 Å². The lowest BCUT2D eigenvalue weighted by Gasteiger charge is -2.28. The van der Waals surface area contributed by atoms with E-state index in [1.807, 2.05) is 49.4 Å². The van der Waals surface area contributed by atoms with E-state index >= 15 is 0 Å². The molecule has 0 fully saturated rings. The van der Waals surface area contributed by atoms with Gasteiger partial charge in [0, 0.05) is 17.0 Å².